The number of hydrogen-bond donors (Lipinski definition) is 2. The van der Waals surface area contributed by atoms with Gasteiger partial charge in [-0.05, 0) is 64.2 Å². The molecule has 38 heavy (non-hydrogen) atoms. The number of carbonyl (C=O) groups is 3. The van der Waals surface area contributed by atoms with E-state index in [9.17, 15) is 14.4 Å². The maximum absolute atomic E-state index is 14.1. The number of unbranched alkanes of at least 4 members (excludes halogenated alkanes) is 1. The van der Waals surface area contributed by atoms with E-state index in [1.807, 2.05) is 71.0 Å². The number of para-hydroxylation sites is 1. The molecule has 7 nitrogen and oxygen atoms in total. The van der Waals surface area contributed by atoms with Gasteiger partial charge in [0.2, 0.25) is 5.91 Å². The van der Waals surface area contributed by atoms with Crippen molar-refractivity contribution in [2.45, 2.75) is 85.9 Å². The third-order valence-corrected chi connectivity index (χ3v) is 6.38. The summed E-state index contributed by atoms with van der Waals surface area (Å²) < 4.78 is 5.43. The number of rotatable bonds is 10. The molecule has 0 aliphatic heterocycles. The summed E-state index contributed by atoms with van der Waals surface area (Å²) in [4.78, 5) is 42.3. The van der Waals surface area contributed by atoms with Gasteiger partial charge in [-0.1, -0.05) is 80.8 Å². The van der Waals surface area contributed by atoms with Crippen LogP contribution >= 0.6 is 11.6 Å². The van der Waals surface area contributed by atoms with E-state index in [1.165, 1.54) is 0 Å². The lowest BCUT2D eigenvalue weighted by atomic mass is 9.97. The van der Waals surface area contributed by atoms with Gasteiger partial charge in [-0.25, -0.2) is 4.79 Å². The van der Waals surface area contributed by atoms with E-state index < -0.39 is 23.8 Å². The summed E-state index contributed by atoms with van der Waals surface area (Å²) in [5.74, 6) is -0.975. The zero-order valence-electron chi connectivity index (χ0n) is 23.9. The predicted octanol–water partition coefficient (Wildman–Crippen LogP) is 6.81. The van der Waals surface area contributed by atoms with Gasteiger partial charge in [-0.3, -0.25) is 9.59 Å². The second-order valence-electron chi connectivity index (χ2n) is 11.0. The lowest BCUT2D eigenvalue weighted by Crippen LogP contribution is -2.54. The minimum Gasteiger partial charge on any atom is -0.444 e. The Hall–Kier alpha value is -3.06. The van der Waals surface area contributed by atoms with Crippen LogP contribution in [0, 0.1) is 19.8 Å². The lowest BCUT2D eigenvalue weighted by molar-refractivity contribution is -0.141. The van der Waals surface area contributed by atoms with Crippen LogP contribution in [-0.4, -0.2) is 41.0 Å². The zero-order valence-corrected chi connectivity index (χ0v) is 24.6. The molecule has 2 unspecified atom stereocenters. The fraction of sp³-hybridized carbons (Fsp3) is 0.500. The maximum atomic E-state index is 14.1. The van der Waals surface area contributed by atoms with E-state index >= 15 is 0 Å². The van der Waals surface area contributed by atoms with Crippen LogP contribution in [0.3, 0.4) is 0 Å². The molecule has 2 aromatic carbocycles. The van der Waals surface area contributed by atoms with Crippen LogP contribution in [0.25, 0.3) is 0 Å². The summed E-state index contributed by atoms with van der Waals surface area (Å²) in [5.41, 5.74) is 2.31. The summed E-state index contributed by atoms with van der Waals surface area (Å²) >= 11 is 6.42. The molecule has 0 saturated carbocycles. The molecule has 0 saturated heterocycles. The third-order valence-electron chi connectivity index (χ3n) is 6.06. The number of amides is 3. The van der Waals surface area contributed by atoms with E-state index in [0.717, 1.165) is 17.5 Å². The monoisotopic (exact) mass is 543 g/mol. The summed E-state index contributed by atoms with van der Waals surface area (Å²) in [6.07, 6.45) is 0.827. The number of halogens is 1. The van der Waals surface area contributed by atoms with E-state index in [2.05, 4.69) is 10.6 Å². The van der Waals surface area contributed by atoms with Crippen molar-refractivity contribution in [1.29, 1.82) is 0 Å². The number of hydrogen-bond acceptors (Lipinski definition) is 4. The van der Waals surface area contributed by atoms with Crippen molar-refractivity contribution in [3.05, 3.63) is 64.2 Å². The van der Waals surface area contributed by atoms with Crippen molar-refractivity contribution >= 4 is 35.2 Å². The van der Waals surface area contributed by atoms with Crippen molar-refractivity contribution in [3.8, 4) is 0 Å². The number of ether oxygens (including phenoxy) is 1. The SMILES string of the molecule is CCCCN(C(=O)C(NC(=O)OC(C)(C)C)C(C)C)C(C(=O)Nc1c(C)cccc1Cl)c1ccc(C)cc1. The van der Waals surface area contributed by atoms with Gasteiger partial charge in [-0.2, -0.15) is 0 Å². The highest BCUT2D eigenvalue weighted by molar-refractivity contribution is 6.34. The number of alkyl carbamates (subject to hydrolysis) is 1. The number of carbonyl (C=O) groups excluding carboxylic acids is 3. The van der Waals surface area contributed by atoms with Crippen LogP contribution in [0.2, 0.25) is 5.02 Å². The Morgan fingerprint density at radius 3 is 2.18 bits per heavy atom. The first kappa shape index (κ1) is 31.2. The number of benzene rings is 2. The topological polar surface area (TPSA) is 87.7 Å². The Balaban J connectivity index is 2.54. The lowest BCUT2D eigenvalue weighted by Gasteiger charge is -2.35. The van der Waals surface area contributed by atoms with Gasteiger partial charge >= 0.3 is 6.09 Å². The van der Waals surface area contributed by atoms with Gasteiger partial charge in [0.1, 0.15) is 17.7 Å². The van der Waals surface area contributed by atoms with Crippen LogP contribution in [0.1, 0.15) is 77.1 Å². The average molecular weight is 544 g/mol. The molecule has 2 rings (SSSR count). The van der Waals surface area contributed by atoms with Crippen molar-refractivity contribution < 1.29 is 19.1 Å². The highest BCUT2D eigenvalue weighted by Crippen LogP contribution is 2.30. The Labute approximate surface area is 232 Å². The fourth-order valence-electron chi connectivity index (χ4n) is 4.03. The molecule has 2 atom stereocenters. The van der Waals surface area contributed by atoms with E-state index in [4.69, 9.17) is 16.3 Å². The molecular weight excluding hydrogens is 502 g/mol. The molecule has 0 fully saturated rings. The predicted molar refractivity (Wildman–Crippen MR) is 153 cm³/mol. The number of nitrogens with zero attached hydrogens (tertiary/aromatic N) is 1. The number of anilines is 1. The smallest absolute Gasteiger partial charge is 0.408 e. The van der Waals surface area contributed by atoms with Crippen LogP contribution in [0.5, 0.6) is 0 Å². The second-order valence-corrected chi connectivity index (χ2v) is 11.4. The van der Waals surface area contributed by atoms with Gasteiger partial charge in [0.05, 0.1) is 10.7 Å². The van der Waals surface area contributed by atoms with Crippen molar-refractivity contribution in [3.63, 3.8) is 0 Å². The van der Waals surface area contributed by atoms with Gasteiger partial charge in [0.25, 0.3) is 5.91 Å². The van der Waals surface area contributed by atoms with Crippen LogP contribution in [0.15, 0.2) is 42.5 Å². The Morgan fingerprint density at radius 1 is 1.03 bits per heavy atom. The average Bonchev–Trinajstić information content (AvgIpc) is 2.81. The van der Waals surface area contributed by atoms with E-state index in [0.29, 0.717) is 29.2 Å². The van der Waals surface area contributed by atoms with Gasteiger partial charge in [0.15, 0.2) is 0 Å². The molecule has 0 radical (unpaired) electrons. The molecule has 2 aromatic rings. The van der Waals surface area contributed by atoms with E-state index in [1.54, 1.807) is 31.7 Å². The van der Waals surface area contributed by atoms with Crippen molar-refractivity contribution in [2.24, 2.45) is 5.92 Å². The number of nitrogens with one attached hydrogen (secondary N) is 2. The zero-order chi connectivity index (χ0) is 28.6. The molecule has 0 heterocycles. The fourth-order valence-corrected chi connectivity index (χ4v) is 4.29. The van der Waals surface area contributed by atoms with Gasteiger partial charge in [0, 0.05) is 6.54 Å². The standard InChI is InChI=1S/C30H42ClN3O4/c1-9-10-18-34(28(36)24(19(2)3)33-29(37)38-30(6,7)8)26(22-16-14-20(4)15-17-22)27(35)32-25-21(5)12-11-13-23(25)31/h11-17,19,24,26H,9-10,18H2,1-8H3,(H,32,35)(H,33,37). The van der Waals surface area contributed by atoms with E-state index in [-0.39, 0.29) is 17.7 Å². The Kier molecular flexibility index (Phi) is 11.2. The molecule has 0 spiro atoms. The Bertz CT molecular complexity index is 1090. The molecule has 8 heteroatoms. The van der Waals surface area contributed by atoms with Crippen LogP contribution in [-0.2, 0) is 14.3 Å². The minimum atomic E-state index is -0.938. The molecule has 208 valence electrons. The molecule has 0 bridgehead atoms. The van der Waals surface area contributed by atoms with Crippen molar-refractivity contribution in [1.82, 2.24) is 10.2 Å². The van der Waals surface area contributed by atoms with Gasteiger partial charge < -0.3 is 20.3 Å². The highest BCUT2D eigenvalue weighted by atomic mass is 35.5. The summed E-state index contributed by atoms with van der Waals surface area (Å²) in [6.45, 7) is 15.2. The highest BCUT2D eigenvalue weighted by Gasteiger charge is 2.37. The van der Waals surface area contributed by atoms with Gasteiger partial charge in [-0.15, -0.1) is 0 Å². The van der Waals surface area contributed by atoms with Crippen molar-refractivity contribution in [2.75, 3.05) is 11.9 Å². The largest absolute Gasteiger partial charge is 0.444 e. The first-order valence-electron chi connectivity index (χ1n) is 13.2. The van der Waals surface area contributed by atoms with Crippen LogP contribution < -0.4 is 10.6 Å². The molecule has 3 amide bonds. The summed E-state index contributed by atoms with van der Waals surface area (Å²) in [6, 6.07) is 11.1. The maximum Gasteiger partial charge on any atom is 0.408 e. The molecule has 0 aromatic heterocycles. The molecule has 2 N–H and O–H groups in total. The Morgan fingerprint density at radius 2 is 1.66 bits per heavy atom. The summed E-state index contributed by atoms with van der Waals surface area (Å²) in [5, 5.41) is 6.13. The molecular formula is C30H42ClN3O4. The first-order valence-corrected chi connectivity index (χ1v) is 13.6. The third kappa shape index (κ3) is 8.76. The normalized spacial score (nSPS) is 13.0. The molecule has 0 aliphatic rings. The van der Waals surface area contributed by atoms with Crippen LogP contribution in [0.4, 0.5) is 10.5 Å². The first-order chi connectivity index (χ1) is 17.7. The molecule has 0 aliphatic carbocycles. The summed E-state index contributed by atoms with van der Waals surface area (Å²) in [7, 11) is 0. The quantitative estimate of drug-likeness (QED) is 0.344. The minimum absolute atomic E-state index is 0.244. The second kappa shape index (κ2) is 13.7. The number of aryl methyl sites for hydroxylation is 2.